The molecule has 0 saturated carbocycles. The lowest BCUT2D eigenvalue weighted by atomic mass is 9.85. The van der Waals surface area contributed by atoms with Crippen LogP contribution < -0.4 is 15.4 Å². The Labute approximate surface area is 179 Å². The lowest BCUT2D eigenvalue weighted by Gasteiger charge is -2.33. The van der Waals surface area contributed by atoms with Gasteiger partial charge in [0.1, 0.15) is 5.82 Å². The molecule has 162 valence electrons. The molecule has 1 aromatic carbocycles. The van der Waals surface area contributed by atoms with E-state index in [9.17, 15) is 4.79 Å². The lowest BCUT2D eigenvalue weighted by molar-refractivity contribution is 0.122. The first-order valence-corrected chi connectivity index (χ1v) is 11.3. The van der Waals surface area contributed by atoms with E-state index in [-0.39, 0.29) is 5.56 Å². The molecule has 2 aromatic rings. The first kappa shape index (κ1) is 20.9. The molecule has 6 nitrogen and oxygen atoms in total. The first-order chi connectivity index (χ1) is 14.6. The van der Waals surface area contributed by atoms with Gasteiger partial charge in [0.15, 0.2) is 0 Å². The highest BCUT2D eigenvalue weighted by molar-refractivity contribution is 5.45. The zero-order valence-corrected chi connectivity index (χ0v) is 18.2. The molecule has 0 aliphatic carbocycles. The van der Waals surface area contributed by atoms with Crippen LogP contribution in [0, 0.1) is 11.8 Å². The Kier molecular flexibility index (Phi) is 6.72. The fraction of sp³-hybridized carbons (Fsp3) is 0.583. The van der Waals surface area contributed by atoms with Gasteiger partial charge in [-0.05, 0) is 43.1 Å². The average Bonchev–Trinajstić information content (AvgIpc) is 2.97. The van der Waals surface area contributed by atoms with Gasteiger partial charge in [-0.3, -0.25) is 9.78 Å². The number of benzene rings is 1. The van der Waals surface area contributed by atoms with Crippen LogP contribution in [0.2, 0.25) is 0 Å². The Hall–Kier alpha value is -2.34. The summed E-state index contributed by atoms with van der Waals surface area (Å²) in [5.41, 5.74) is 1.26. The van der Waals surface area contributed by atoms with E-state index in [2.05, 4.69) is 59.0 Å². The van der Waals surface area contributed by atoms with Crippen LogP contribution in [0.3, 0.4) is 0 Å². The van der Waals surface area contributed by atoms with Gasteiger partial charge in [0, 0.05) is 31.7 Å². The van der Waals surface area contributed by atoms with Crippen LogP contribution in [0.25, 0.3) is 0 Å². The predicted octanol–water partition coefficient (Wildman–Crippen LogP) is 3.48. The van der Waals surface area contributed by atoms with Crippen LogP contribution in [0.4, 0.5) is 11.8 Å². The van der Waals surface area contributed by atoms with E-state index >= 15 is 0 Å². The summed E-state index contributed by atoms with van der Waals surface area (Å²) in [5.74, 6) is 2.84. The number of aromatic amines is 1. The molecule has 2 aliphatic rings. The molecule has 0 unspecified atom stereocenters. The number of nitrogens with zero attached hydrogens (tertiary/aromatic N) is 3. The minimum atomic E-state index is -0.0791. The quantitative estimate of drug-likeness (QED) is 0.818. The second kappa shape index (κ2) is 9.65. The van der Waals surface area contributed by atoms with E-state index in [1.165, 1.54) is 12.0 Å². The molecule has 1 N–H and O–H groups in total. The van der Waals surface area contributed by atoms with Crippen LogP contribution in [0.5, 0.6) is 0 Å². The summed E-state index contributed by atoms with van der Waals surface area (Å²) in [6, 6.07) is 12.6. The number of morpholine rings is 1. The molecule has 6 heteroatoms. The molecule has 30 heavy (non-hydrogen) atoms. The summed E-state index contributed by atoms with van der Waals surface area (Å²) < 4.78 is 5.47. The number of ether oxygens (including phenoxy) is 1. The number of anilines is 2. The van der Waals surface area contributed by atoms with Gasteiger partial charge < -0.3 is 14.5 Å². The third-order valence-corrected chi connectivity index (χ3v) is 6.57. The summed E-state index contributed by atoms with van der Waals surface area (Å²) in [4.78, 5) is 25.0. The number of hydrogen-bond acceptors (Lipinski definition) is 5. The second-order valence-corrected chi connectivity index (χ2v) is 8.95. The number of nitrogens with one attached hydrogen (secondary N) is 1. The normalized spacial score (nSPS) is 22.9. The summed E-state index contributed by atoms with van der Waals surface area (Å²) in [7, 11) is 0. The van der Waals surface area contributed by atoms with Crippen molar-refractivity contribution in [3.8, 4) is 0 Å². The molecular formula is C24H34N4O2. The largest absolute Gasteiger partial charge is 0.378 e. The van der Waals surface area contributed by atoms with E-state index in [0.717, 1.165) is 44.7 Å². The summed E-state index contributed by atoms with van der Waals surface area (Å²) in [5, 5.41) is 0. The number of rotatable bonds is 5. The number of aromatic nitrogens is 2. The van der Waals surface area contributed by atoms with Crippen molar-refractivity contribution in [1.82, 2.24) is 9.97 Å². The zero-order valence-electron chi connectivity index (χ0n) is 18.2. The van der Waals surface area contributed by atoms with Crippen molar-refractivity contribution in [3.05, 3.63) is 52.3 Å². The zero-order chi connectivity index (χ0) is 20.9. The van der Waals surface area contributed by atoms with Crippen molar-refractivity contribution in [2.45, 2.75) is 45.6 Å². The Morgan fingerprint density at radius 3 is 2.67 bits per heavy atom. The van der Waals surface area contributed by atoms with Crippen LogP contribution >= 0.6 is 0 Å². The highest BCUT2D eigenvalue weighted by Gasteiger charge is 2.30. The topological polar surface area (TPSA) is 61.5 Å². The molecule has 0 radical (unpaired) electrons. The van der Waals surface area contributed by atoms with Crippen molar-refractivity contribution >= 4 is 11.8 Å². The molecule has 0 amide bonds. The molecule has 2 saturated heterocycles. The van der Waals surface area contributed by atoms with Crippen molar-refractivity contribution in [3.63, 3.8) is 0 Å². The minimum absolute atomic E-state index is 0.0791. The van der Waals surface area contributed by atoms with E-state index in [0.29, 0.717) is 37.0 Å². The molecule has 0 bridgehead atoms. The molecular weight excluding hydrogens is 376 g/mol. The summed E-state index contributed by atoms with van der Waals surface area (Å²) >= 11 is 0. The molecule has 2 fully saturated rings. The fourth-order valence-corrected chi connectivity index (χ4v) is 4.79. The first-order valence-electron chi connectivity index (χ1n) is 11.3. The molecule has 2 aliphatic heterocycles. The number of H-pyrrole nitrogens is 1. The maximum absolute atomic E-state index is 12.5. The van der Waals surface area contributed by atoms with Crippen LogP contribution in [0.1, 0.15) is 38.7 Å². The van der Waals surface area contributed by atoms with E-state index in [1.807, 2.05) is 0 Å². The monoisotopic (exact) mass is 410 g/mol. The highest BCUT2D eigenvalue weighted by atomic mass is 16.5. The number of hydrogen-bond donors (Lipinski definition) is 1. The highest BCUT2D eigenvalue weighted by Crippen LogP contribution is 2.32. The Balaban J connectivity index is 1.65. The van der Waals surface area contributed by atoms with Crippen molar-refractivity contribution < 1.29 is 4.74 Å². The Morgan fingerprint density at radius 1 is 1.17 bits per heavy atom. The van der Waals surface area contributed by atoms with E-state index < -0.39 is 0 Å². The SMILES string of the molecule is CC(C)[C@H]1CCCN(c2nc(N3CCOCC3)cc(=O)[nH]2)[C@@H](Cc2ccccc2)C1. The molecule has 4 rings (SSSR count). The van der Waals surface area contributed by atoms with Crippen LogP contribution in [-0.4, -0.2) is 48.9 Å². The predicted molar refractivity (Wildman–Crippen MR) is 121 cm³/mol. The van der Waals surface area contributed by atoms with Crippen LogP contribution in [0.15, 0.2) is 41.2 Å². The standard InChI is InChI=1S/C24H34N4O2/c1-18(2)20-9-6-10-28(21(16-20)15-19-7-4-3-5-8-19)24-25-22(17-23(29)26-24)27-11-13-30-14-12-27/h3-5,7-8,17-18,20-21H,6,9-16H2,1-2H3,(H,25,26,29)/t20-,21-/m0/s1. The van der Waals surface area contributed by atoms with Gasteiger partial charge >= 0.3 is 0 Å². The van der Waals surface area contributed by atoms with E-state index in [1.54, 1.807) is 6.07 Å². The van der Waals surface area contributed by atoms with Crippen molar-refractivity contribution in [2.75, 3.05) is 42.6 Å². The lowest BCUT2D eigenvalue weighted by Crippen LogP contribution is -2.41. The van der Waals surface area contributed by atoms with Crippen LogP contribution in [-0.2, 0) is 11.2 Å². The van der Waals surface area contributed by atoms with Gasteiger partial charge in [0.2, 0.25) is 5.95 Å². The van der Waals surface area contributed by atoms with Gasteiger partial charge in [-0.1, -0.05) is 44.2 Å². The van der Waals surface area contributed by atoms with Gasteiger partial charge in [-0.15, -0.1) is 0 Å². The van der Waals surface area contributed by atoms with Crippen molar-refractivity contribution in [1.29, 1.82) is 0 Å². The smallest absolute Gasteiger partial charge is 0.254 e. The minimum Gasteiger partial charge on any atom is -0.378 e. The Morgan fingerprint density at radius 2 is 1.93 bits per heavy atom. The molecule has 0 spiro atoms. The maximum Gasteiger partial charge on any atom is 0.254 e. The van der Waals surface area contributed by atoms with E-state index in [4.69, 9.17) is 9.72 Å². The van der Waals surface area contributed by atoms with Crippen molar-refractivity contribution in [2.24, 2.45) is 11.8 Å². The van der Waals surface area contributed by atoms with Gasteiger partial charge in [0.25, 0.3) is 5.56 Å². The van der Waals surface area contributed by atoms with Gasteiger partial charge in [0.05, 0.1) is 13.2 Å². The van der Waals surface area contributed by atoms with Gasteiger partial charge in [-0.2, -0.15) is 4.98 Å². The Bertz CT molecular complexity index is 861. The summed E-state index contributed by atoms with van der Waals surface area (Å²) in [6.07, 6.45) is 4.44. The average molecular weight is 411 g/mol. The molecule has 2 atom stereocenters. The summed E-state index contributed by atoms with van der Waals surface area (Å²) in [6.45, 7) is 8.51. The third-order valence-electron chi connectivity index (χ3n) is 6.57. The second-order valence-electron chi connectivity index (χ2n) is 8.95. The molecule has 3 heterocycles. The maximum atomic E-state index is 12.5. The third kappa shape index (κ3) is 5.04. The fourth-order valence-electron chi connectivity index (χ4n) is 4.79. The van der Waals surface area contributed by atoms with Gasteiger partial charge in [-0.25, -0.2) is 0 Å². The molecule has 1 aromatic heterocycles.